The summed E-state index contributed by atoms with van der Waals surface area (Å²) in [6, 6.07) is 0.445. The summed E-state index contributed by atoms with van der Waals surface area (Å²) in [6.45, 7) is 6.97. The summed E-state index contributed by atoms with van der Waals surface area (Å²) in [5, 5.41) is 3.20. The number of amides is 1. The predicted molar refractivity (Wildman–Crippen MR) is 48.7 cm³/mol. The van der Waals surface area contributed by atoms with Gasteiger partial charge in [-0.05, 0) is 19.8 Å². The third-order valence-electron chi connectivity index (χ3n) is 2.62. The zero-order chi connectivity index (χ0) is 9.14. The quantitative estimate of drug-likeness (QED) is 0.684. The van der Waals surface area contributed by atoms with E-state index in [1.165, 1.54) is 0 Å². The predicted octanol–water partition coefficient (Wildman–Crippen LogP) is 0.953. The van der Waals surface area contributed by atoms with Crippen LogP contribution in [-0.4, -0.2) is 29.6 Å². The van der Waals surface area contributed by atoms with Gasteiger partial charge in [-0.25, -0.2) is 0 Å². The molecular formula is C9H18N2O. The highest BCUT2D eigenvalue weighted by molar-refractivity contribution is 5.83. The van der Waals surface area contributed by atoms with Crippen LogP contribution in [-0.2, 0) is 4.79 Å². The number of carbonyl (C=O) groups excluding carboxylic acids is 1. The molecular weight excluding hydrogens is 152 g/mol. The summed E-state index contributed by atoms with van der Waals surface area (Å²) in [6.07, 6.45) is 1.93. The first-order chi connectivity index (χ1) is 5.70. The number of nitrogens with zero attached hydrogens (tertiary/aromatic N) is 1. The van der Waals surface area contributed by atoms with E-state index in [1.807, 2.05) is 11.8 Å². The molecule has 2 atom stereocenters. The van der Waals surface area contributed by atoms with Crippen molar-refractivity contribution in [3.05, 3.63) is 0 Å². The Morgan fingerprint density at radius 2 is 2.33 bits per heavy atom. The summed E-state index contributed by atoms with van der Waals surface area (Å²) in [4.78, 5) is 13.5. The molecule has 0 aromatic rings. The number of carbonyl (C=O) groups is 1. The molecule has 1 aliphatic heterocycles. The van der Waals surface area contributed by atoms with Crippen LogP contribution >= 0.6 is 0 Å². The van der Waals surface area contributed by atoms with E-state index >= 15 is 0 Å². The van der Waals surface area contributed by atoms with Crippen LogP contribution in [0.5, 0.6) is 0 Å². The van der Waals surface area contributed by atoms with Gasteiger partial charge in [-0.3, -0.25) is 10.1 Å². The Hall–Kier alpha value is -0.570. The van der Waals surface area contributed by atoms with Crippen LogP contribution in [0.2, 0.25) is 0 Å². The fourth-order valence-corrected chi connectivity index (χ4v) is 1.49. The minimum Gasteiger partial charge on any atom is -0.326 e. The van der Waals surface area contributed by atoms with Gasteiger partial charge < -0.3 is 4.90 Å². The second kappa shape index (κ2) is 3.90. The van der Waals surface area contributed by atoms with Gasteiger partial charge in [0, 0.05) is 6.04 Å². The van der Waals surface area contributed by atoms with Gasteiger partial charge in [-0.2, -0.15) is 0 Å². The van der Waals surface area contributed by atoms with Crippen molar-refractivity contribution >= 4 is 5.91 Å². The molecule has 12 heavy (non-hydrogen) atoms. The normalized spacial score (nSPS) is 26.4. The molecule has 1 aliphatic rings. The van der Waals surface area contributed by atoms with Crippen molar-refractivity contribution in [1.29, 1.82) is 0 Å². The monoisotopic (exact) mass is 170 g/mol. The first-order valence-electron chi connectivity index (χ1n) is 4.74. The molecule has 0 radical (unpaired) electrons. The van der Waals surface area contributed by atoms with E-state index in [1.54, 1.807) is 0 Å². The summed E-state index contributed by atoms with van der Waals surface area (Å²) < 4.78 is 0. The van der Waals surface area contributed by atoms with Crippen LogP contribution in [0.15, 0.2) is 0 Å². The third-order valence-corrected chi connectivity index (χ3v) is 2.62. The van der Waals surface area contributed by atoms with Crippen LogP contribution < -0.4 is 5.32 Å². The average molecular weight is 170 g/mol. The molecule has 1 rings (SSSR count). The van der Waals surface area contributed by atoms with Crippen molar-refractivity contribution in [3.8, 4) is 0 Å². The van der Waals surface area contributed by atoms with Crippen molar-refractivity contribution in [3.63, 3.8) is 0 Å². The molecule has 0 aliphatic carbocycles. The van der Waals surface area contributed by atoms with E-state index in [-0.39, 0.29) is 11.9 Å². The summed E-state index contributed by atoms with van der Waals surface area (Å²) in [5.74, 6) is 0.270. The lowest BCUT2D eigenvalue weighted by molar-refractivity contribution is -0.130. The van der Waals surface area contributed by atoms with E-state index in [9.17, 15) is 4.79 Å². The molecule has 0 spiro atoms. The Balaban J connectivity index is 2.54. The lowest BCUT2D eigenvalue weighted by Gasteiger charge is -2.22. The van der Waals surface area contributed by atoms with Crippen LogP contribution in [0.1, 0.15) is 33.6 Å². The second-order valence-corrected chi connectivity index (χ2v) is 3.39. The summed E-state index contributed by atoms with van der Waals surface area (Å²) >= 11 is 0. The van der Waals surface area contributed by atoms with E-state index in [0.717, 1.165) is 19.5 Å². The molecule has 0 aromatic carbocycles. The maximum absolute atomic E-state index is 11.6. The molecule has 3 nitrogen and oxygen atoms in total. The fourth-order valence-electron chi connectivity index (χ4n) is 1.49. The minimum absolute atomic E-state index is 0.0685. The molecule has 0 saturated carbocycles. The van der Waals surface area contributed by atoms with E-state index in [0.29, 0.717) is 6.04 Å². The average Bonchev–Trinajstić information content (AvgIpc) is 2.45. The zero-order valence-electron chi connectivity index (χ0n) is 8.13. The van der Waals surface area contributed by atoms with Gasteiger partial charge in [0.2, 0.25) is 5.91 Å². The van der Waals surface area contributed by atoms with Crippen LogP contribution in [0.4, 0.5) is 0 Å². The minimum atomic E-state index is 0.0685. The summed E-state index contributed by atoms with van der Waals surface area (Å²) in [5.41, 5.74) is 0. The largest absolute Gasteiger partial charge is 0.326 e. The molecule has 1 N–H and O–H groups in total. The van der Waals surface area contributed by atoms with Gasteiger partial charge in [0.15, 0.2) is 0 Å². The van der Waals surface area contributed by atoms with Crippen molar-refractivity contribution in [2.24, 2.45) is 0 Å². The molecule has 2 unspecified atom stereocenters. The number of hydrogen-bond donors (Lipinski definition) is 1. The van der Waals surface area contributed by atoms with Crippen LogP contribution in [0, 0.1) is 0 Å². The second-order valence-electron chi connectivity index (χ2n) is 3.39. The molecule has 1 amide bonds. The van der Waals surface area contributed by atoms with Gasteiger partial charge in [0.05, 0.1) is 12.7 Å². The molecule has 0 bridgehead atoms. The number of rotatable bonds is 3. The third kappa shape index (κ3) is 1.61. The van der Waals surface area contributed by atoms with E-state index in [2.05, 4.69) is 19.2 Å². The number of nitrogens with one attached hydrogen (secondary N) is 1. The number of hydrogen-bond acceptors (Lipinski definition) is 2. The van der Waals surface area contributed by atoms with E-state index in [4.69, 9.17) is 0 Å². The van der Waals surface area contributed by atoms with Gasteiger partial charge in [-0.15, -0.1) is 0 Å². The first-order valence-corrected chi connectivity index (χ1v) is 4.74. The smallest absolute Gasteiger partial charge is 0.241 e. The van der Waals surface area contributed by atoms with Gasteiger partial charge in [-0.1, -0.05) is 13.8 Å². The maximum Gasteiger partial charge on any atom is 0.241 e. The Kier molecular flexibility index (Phi) is 3.09. The Morgan fingerprint density at radius 1 is 1.67 bits per heavy atom. The topological polar surface area (TPSA) is 32.3 Å². The highest BCUT2D eigenvalue weighted by Gasteiger charge is 2.31. The molecule has 1 fully saturated rings. The van der Waals surface area contributed by atoms with E-state index < -0.39 is 0 Å². The lowest BCUT2D eigenvalue weighted by atomic mass is 10.2. The summed E-state index contributed by atoms with van der Waals surface area (Å²) in [7, 11) is 0. The molecule has 70 valence electrons. The SMILES string of the molecule is CCC1NCN(C(C)CC)C1=O. The molecule has 1 heterocycles. The maximum atomic E-state index is 11.6. The van der Waals surface area contributed by atoms with Crippen molar-refractivity contribution in [1.82, 2.24) is 10.2 Å². The Morgan fingerprint density at radius 3 is 2.75 bits per heavy atom. The van der Waals surface area contributed by atoms with Crippen molar-refractivity contribution in [2.45, 2.75) is 45.7 Å². The molecule has 1 saturated heterocycles. The highest BCUT2D eigenvalue weighted by atomic mass is 16.2. The van der Waals surface area contributed by atoms with Crippen LogP contribution in [0.3, 0.4) is 0 Å². The molecule has 0 aromatic heterocycles. The van der Waals surface area contributed by atoms with Crippen molar-refractivity contribution < 1.29 is 4.79 Å². The Labute approximate surface area is 74.1 Å². The van der Waals surface area contributed by atoms with Crippen molar-refractivity contribution in [2.75, 3.05) is 6.67 Å². The molecule has 3 heteroatoms. The zero-order valence-corrected chi connectivity index (χ0v) is 8.13. The van der Waals surface area contributed by atoms with Gasteiger partial charge in [0.1, 0.15) is 0 Å². The highest BCUT2D eigenvalue weighted by Crippen LogP contribution is 2.11. The first kappa shape index (κ1) is 9.52. The standard InChI is InChI=1S/C9H18N2O/c1-4-7(3)11-6-10-8(5-2)9(11)12/h7-8,10H,4-6H2,1-3H3. The van der Waals surface area contributed by atoms with Gasteiger partial charge >= 0.3 is 0 Å². The van der Waals surface area contributed by atoms with Gasteiger partial charge in [0.25, 0.3) is 0 Å². The van der Waals surface area contributed by atoms with Crippen LogP contribution in [0.25, 0.3) is 0 Å². The lowest BCUT2D eigenvalue weighted by Crippen LogP contribution is -2.36. The Bertz CT molecular complexity index is 170. The fraction of sp³-hybridized carbons (Fsp3) is 0.889.